The maximum atomic E-state index is 14.3. The number of anilines is 2. The standard InChI is InChI=1S/C46H42F4N6O8/c1-53(33-9-13-35(63-3)14-10-33)44(60)38(21-27-17-29(47)23-30(48)18-27)51-41(57)25-55-40-8-6-5-7-37(40)43(59)56(46(55)62)26-42(58)52-39(22-28-19-31(49)24-32(50)20-28)45(61)54(2)34-11-15-36(64-4)16-12-34/h5-20,23-24,38-39H,21-22,25-26H2,1-4H3,(H,51,57)(H,52,58)/t38-,39-/m0/s1. The monoisotopic (exact) mass is 882 g/mol. The van der Waals surface area contributed by atoms with Gasteiger partial charge in [0.25, 0.3) is 5.56 Å². The van der Waals surface area contributed by atoms with Crippen molar-refractivity contribution in [1.29, 1.82) is 0 Å². The van der Waals surface area contributed by atoms with Crippen LogP contribution in [0.1, 0.15) is 11.1 Å². The lowest BCUT2D eigenvalue weighted by molar-refractivity contribution is -0.128. The highest BCUT2D eigenvalue weighted by molar-refractivity contribution is 6.00. The van der Waals surface area contributed by atoms with Crippen LogP contribution in [0.25, 0.3) is 10.9 Å². The number of likely N-dealkylation sites (N-methyl/N-ethyl adjacent to an activating group) is 2. The SMILES string of the molecule is COc1ccc(N(C)C(=O)[C@H](Cc2cc(F)cc(F)c2)NC(=O)Cn2c(=O)c3ccccc3n(CC(=O)N[C@@H](Cc3cc(F)cc(F)c3)C(=O)N(C)c3ccc(OC)cc3)c2=O)cc1. The lowest BCUT2D eigenvalue weighted by atomic mass is 10.0. The first-order chi connectivity index (χ1) is 30.5. The van der Waals surface area contributed by atoms with Crippen molar-refractivity contribution >= 4 is 45.9 Å². The summed E-state index contributed by atoms with van der Waals surface area (Å²) in [5.41, 5.74) is -1.22. The van der Waals surface area contributed by atoms with Gasteiger partial charge in [0.2, 0.25) is 23.6 Å². The van der Waals surface area contributed by atoms with E-state index in [1.807, 2.05) is 0 Å². The van der Waals surface area contributed by atoms with E-state index in [4.69, 9.17) is 9.47 Å². The number of carbonyl (C=O) groups is 4. The summed E-state index contributed by atoms with van der Waals surface area (Å²) in [5, 5.41) is 4.99. The van der Waals surface area contributed by atoms with Crippen LogP contribution >= 0.6 is 0 Å². The van der Waals surface area contributed by atoms with Gasteiger partial charge in [0.15, 0.2) is 0 Å². The van der Waals surface area contributed by atoms with Crippen LogP contribution in [-0.2, 0) is 45.1 Å². The first-order valence-corrected chi connectivity index (χ1v) is 19.6. The summed E-state index contributed by atoms with van der Waals surface area (Å²) in [5.74, 6) is -6.01. The minimum atomic E-state index is -1.47. The Morgan fingerprint density at radius 3 is 1.38 bits per heavy atom. The van der Waals surface area contributed by atoms with E-state index in [-0.39, 0.29) is 28.5 Å². The van der Waals surface area contributed by atoms with Crippen LogP contribution in [-0.4, -0.2) is 73.2 Å². The second kappa shape index (κ2) is 20.0. The summed E-state index contributed by atoms with van der Waals surface area (Å²) in [6, 6.07) is 20.9. The van der Waals surface area contributed by atoms with Crippen molar-refractivity contribution in [2.24, 2.45) is 0 Å². The Bertz CT molecular complexity index is 2790. The highest BCUT2D eigenvalue weighted by atomic mass is 19.1. The molecule has 0 aliphatic carbocycles. The molecule has 6 aromatic rings. The molecule has 6 rings (SSSR count). The van der Waals surface area contributed by atoms with Crippen LogP contribution in [0.3, 0.4) is 0 Å². The van der Waals surface area contributed by atoms with Crippen molar-refractivity contribution in [3.63, 3.8) is 0 Å². The Labute approximate surface area is 363 Å². The number of hydrogen-bond donors (Lipinski definition) is 2. The number of ether oxygens (including phenoxy) is 2. The number of methoxy groups -OCH3 is 2. The summed E-state index contributed by atoms with van der Waals surface area (Å²) in [4.78, 5) is 86.0. The fraction of sp³-hybridized carbons (Fsp3) is 0.217. The third kappa shape index (κ3) is 10.8. The molecule has 14 nitrogen and oxygen atoms in total. The van der Waals surface area contributed by atoms with Crippen LogP contribution in [0.15, 0.2) is 119 Å². The first-order valence-electron chi connectivity index (χ1n) is 19.6. The van der Waals surface area contributed by atoms with Crippen molar-refractivity contribution in [3.05, 3.63) is 164 Å². The Kier molecular flexibility index (Phi) is 14.3. The molecule has 0 aliphatic heterocycles. The minimum Gasteiger partial charge on any atom is -0.497 e. The van der Waals surface area contributed by atoms with E-state index in [0.29, 0.717) is 39.6 Å². The molecule has 64 heavy (non-hydrogen) atoms. The van der Waals surface area contributed by atoms with Gasteiger partial charge in [0.05, 0.1) is 25.1 Å². The van der Waals surface area contributed by atoms with Gasteiger partial charge in [-0.1, -0.05) is 12.1 Å². The molecule has 0 saturated carbocycles. The molecule has 18 heteroatoms. The molecule has 0 radical (unpaired) electrons. The molecule has 0 unspecified atom stereocenters. The molecule has 2 atom stereocenters. The second-order valence-corrected chi connectivity index (χ2v) is 14.7. The Balaban J connectivity index is 1.29. The van der Waals surface area contributed by atoms with Gasteiger partial charge >= 0.3 is 5.69 Å². The smallest absolute Gasteiger partial charge is 0.332 e. The molecular formula is C46H42F4N6O8. The summed E-state index contributed by atoms with van der Waals surface area (Å²) in [6.45, 7) is -1.76. The normalized spacial score (nSPS) is 11.9. The average Bonchev–Trinajstić information content (AvgIpc) is 3.27. The lowest BCUT2D eigenvalue weighted by Crippen LogP contribution is -2.52. The molecular weight excluding hydrogens is 841 g/mol. The van der Waals surface area contributed by atoms with E-state index in [1.165, 1.54) is 62.4 Å². The van der Waals surface area contributed by atoms with E-state index >= 15 is 0 Å². The Morgan fingerprint density at radius 1 is 0.578 bits per heavy atom. The second-order valence-electron chi connectivity index (χ2n) is 14.7. The maximum absolute atomic E-state index is 14.3. The van der Waals surface area contributed by atoms with Gasteiger partial charge in [-0.05, 0) is 96.1 Å². The zero-order valence-electron chi connectivity index (χ0n) is 34.9. The van der Waals surface area contributed by atoms with Crippen LogP contribution in [0, 0.1) is 23.3 Å². The van der Waals surface area contributed by atoms with Crippen molar-refractivity contribution in [1.82, 2.24) is 19.8 Å². The highest BCUT2D eigenvalue weighted by Crippen LogP contribution is 2.22. The molecule has 5 aromatic carbocycles. The summed E-state index contributed by atoms with van der Waals surface area (Å²) >= 11 is 0. The molecule has 0 saturated heterocycles. The number of rotatable bonds is 16. The van der Waals surface area contributed by atoms with Gasteiger partial charge in [-0.15, -0.1) is 0 Å². The number of carbonyl (C=O) groups excluding carboxylic acids is 4. The van der Waals surface area contributed by atoms with Crippen LogP contribution < -0.4 is 41.2 Å². The van der Waals surface area contributed by atoms with E-state index in [2.05, 4.69) is 10.6 Å². The fourth-order valence-corrected chi connectivity index (χ4v) is 7.09. The van der Waals surface area contributed by atoms with Gasteiger partial charge in [-0.2, -0.15) is 0 Å². The quantitative estimate of drug-likeness (QED) is 0.134. The third-order valence-corrected chi connectivity index (χ3v) is 10.3. The molecule has 0 bridgehead atoms. The molecule has 1 heterocycles. The van der Waals surface area contributed by atoms with Crippen molar-refractivity contribution < 1.29 is 46.2 Å². The number of nitrogens with one attached hydrogen (secondary N) is 2. The average molecular weight is 883 g/mol. The lowest BCUT2D eigenvalue weighted by Gasteiger charge is -2.26. The van der Waals surface area contributed by atoms with Gasteiger partial charge in [-0.3, -0.25) is 33.1 Å². The number of nitrogens with zero attached hydrogens (tertiary/aromatic N) is 4. The van der Waals surface area contributed by atoms with E-state index in [0.717, 1.165) is 28.8 Å². The summed E-state index contributed by atoms with van der Waals surface area (Å²) in [6.07, 6.45) is -0.766. The van der Waals surface area contributed by atoms with Gasteiger partial charge < -0.3 is 29.9 Å². The van der Waals surface area contributed by atoms with Gasteiger partial charge in [0, 0.05) is 50.4 Å². The number of para-hydroxylation sites is 1. The van der Waals surface area contributed by atoms with Gasteiger partial charge in [0.1, 0.15) is 59.9 Å². The molecule has 0 aliphatic rings. The number of aromatic nitrogens is 2. The predicted octanol–water partition coefficient (Wildman–Crippen LogP) is 4.52. The molecule has 0 fully saturated rings. The molecule has 4 amide bonds. The number of halogens is 4. The zero-order chi connectivity index (χ0) is 46.2. The van der Waals surface area contributed by atoms with E-state index < -0.39 is 89.7 Å². The third-order valence-electron chi connectivity index (χ3n) is 10.3. The van der Waals surface area contributed by atoms with E-state index in [1.54, 1.807) is 48.5 Å². The highest BCUT2D eigenvalue weighted by Gasteiger charge is 2.29. The number of hydrogen-bond acceptors (Lipinski definition) is 8. The fourth-order valence-electron chi connectivity index (χ4n) is 7.09. The van der Waals surface area contributed by atoms with Crippen LogP contribution in [0.4, 0.5) is 28.9 Å². The minimum absolute atomic E-state index is 0.00274. The topological polar surface area (TPSA) is 161 Å². The number of benzene rings is 5. The Hall–Kier alpha value is -7.76. The summed E-state index contributed by atoms with van der Waals surface area (Å²) in [7, 11) is 5.77. The van der Waals surface area contributed by atoms with Crippen LogP contribution in [0.2, 0.25) is 0 Å². The summed E-state index contributed by atoms with van der Waals surface area (Å²) < 4.78 is 68.8. The molecule has 0 spiro atoms. The van der Waals surface area contributed by atoms with Crippen LogP contribution in [0.5, 0.6) is 11.5 Å². The largest absolute Gasteiger partial charge is 0.497 e. The van der Waals surface area contributed by atoms with Gasteiger partial charge in [-0.25, -0.2) is 22.4 Å². The zero-order valence-corrected chi connectivity index (χ0v) is 34.9. The number of amides is 4. The molecule has 1 aromatic heterocycles. The van der Waals surface area contributed by atoms with Crippen molar-refractivity contribution in [2.45, 2.75) is 38.0 Å². The van der Waals surface area contributed by atoms with E-state index in [9.17, 15) is 46.3 Å². The van der Waals surface area contributed by atoms with Crippen molar-refractivity contribution in [3.8, 4) is 11.5 Å². The Morgan fingerprint density at radius 2 is 0.969 bits per heavy atom. The molecule has 2 N–H and O–H groups in total. The van der Waals surface area contributed by atoms with Crippen molar-refractivity contribution in [2.75, 3.05) is 38.1 Å². The predicted molar refractivity (Wildman–Crippen MR) is 229 cm³/mol. The maximum Gasteiger partial charge on any atom is 0.332 e. The molecule has 332 valence electrons. The number of fused-ring (bicyclic) bond motifs is 1. The first kappa shape index (κ1) is 45.8.